The highest BCUT2D eigenvalue weighted by molar-refractivity contribution is 5.90. The Morgan fingerprint density at radius 2 is 0.967 bits per heavy atom. The van der Waals surface area contributed by atoms with Crippen molar-refractivity contribution >= 4 is 36.0 Å². The molecule has 0 atom stereocenters. The van der Waals surface area contributed by atoms with E-state index in [0.29, 0.717) is 0 Å². The van der Waals surface area contributed by atoms with Crippen molar-refractivity contribution in [3.63, 3.8) is 0 Å². The lowest BCUT2D eigenvalue weighted by Gasteiger charge is -1.99. The number of benzene rings is 2. The molecule has 0 spiro atoms. The van der Waals surface area contributed by atoms with Crippen LogP contribution in [0, 0.1) is 0 Å². The second-order valence-electron chi connectivity index (χ2n) is 7.05. The maximum atomic E-state index is 4.51. The lowest BCUT2D eigenvalue weighted by molar-refractivity contribution is 1.51. The summed E-state index contributed by atoms with van der Waals surface area (Å²) in [4.78, 5) is 9.03. The van der Waals surface area contributed by atoms with Gasteiger partial charge in [0.2, 0.25) is 0 Å². The molecule has 0 saturated heterocycles. The van der Waals surface area contributed by atoms with Crippen molar-refractivity contribution in [2.24, 2.45) is 9.98 Å². The standard InChI is InChI=1S/C28H22N2/c1-21-5-3-7-25(21)19-29-27-15-11-23(12-16-27)9-10-24-13-17-28(18-14-24)30-20-26-8-4-6-22(26)2/h3-20H,1-2H2/b10-9+,29-19+,30-20+. The van der Waals surface area contributed by atoms with Gasteiger partial charge in [0.25, 0.3) is 0 Å². The summed E-state index contributed by atoms with van der Waals surface area (Å²) in [7, 11) is 0. The molecule has 2 aliphatic rings. The van der Waals surface area contributed by atoms with Crippen molar-refractivity contribution < 1.29 is 0 Å². The number of hydrogen-bond acceptors (Lipinski definition) is 2. The van der Waals surface area contributed by atoms with Crippen LogP contribution in [0.5, 0.6) is 0 Å². The SMILES string of the molecule is C=C1C=CC=C1/C=N/c1ccc(/C=C/c2ccc(/N=C/C3=CC=CC3=C)cc2)cc1. The predicted octanol–water partition coefficient (Wildman–Crippen LogP) is 7.37. The first-order valence-corrected chi connectivity index (χ1v) is 9.79. The maximum absolute atomic E-state index is 4.51. The second kappa shape index (κ2) is 8.97. The first-order valence-electron chi connectivity index (χ1n) is 9.79. The Kier molecular flexibility index (Phi) is 5.77. The van der Waals surface area contributed by atoms with Crippen molar-refractivity contribution in [1.82, 2.24) is 0 Å². The number of rotatable bonds is 6. The van der Waals surface area contributed by atoms with Crippen molar-refractivity contribution in [2.75, 3.05) is 0 Å². The van der Waals surface area contributed by atoms with Gasteiger partial charge in [-0.2, -0.15) is 0 Å². The fourth-order valence-corrected chi connectivity index (χ4v) is 3.02. The maximum Gasteiger partial charge on any atom is 0.0630 e. The van der Waals surface area contributed by atoms with Gasteiger partial charge in [-0.15, -0.1) is 0 Å². The molecule has 30 heavy (non-hydrogen) atoms. The van der Waals surface area contributed by atoms with E-state index in [9.17, 15) is 0 Å². The number of aliphatic imine (C=N–C) groups is 2. The van der Waals surface area contributed by atoms with Gasteiger partial charge < -0.3 is 0 Å². The van der Waals surface area contributed by atoms with Crippen molar-refractivity contribution in [3.8, 4) is 0 Å². The zero-order valence-electron chi connectivity index (χ0n) is 16.7. The Hall–Kier alpha value is -4.04. The van der Waals surface area contributed by atoms with E-state index in [1.807, 2.05) is 73.2 Å². The quantitative estimate of drug-likeness (QED) is 0.366. The van der Waals surface area contributed by atoms with E-state index in [0.717, 1.165) is 44.8 Å². The van der Waals surface area contributed by atoms with E-state index in [1.165, 1.54) is 0 Å². The van der Waals surface area contributed by atoms with E-state index in [1.54, 1.807) is 0 Å². The van der Waals surface area contributed by atoms with Crippen LogP contribution < -0.4 is 0 Å². The molecule has 2 aromatic carbocycles. The molecule has 0 fully saturated rings. The molecule has 0 aromatic heterocycles. The van der Waals surface area contributed by atoms with Crippen LogP contribution >= 0.6 is 0 Å². The van der Waals surface area contributed by atoms with Gasteiger partial charge in [-0.1, -0.05) is 86.0 Å². The molecular weight excluding hydrogens is 364 g/mol. The number of allylic oxidation sites excluding steroid dienone is 10. The minimum Gasteiger partial charge on any atom is -0.256 e. The van der Waals surface area contributed by atoms with E-state index >= 15 is 0 Å². The first-order chi connectivity index (χ1) is 14.7. The summed E-state index contributed by atoms with van der Waals surface area (Å²) in [6.45, 7) is 7.96. The summed E-state index contributed by atoms with van der Waals surface area (Å²) in [6, 6.07) is 16.3. The van der Waals surface area contributed by atoms with Gasteiger partial charge in [0, 0.05) is 12.4 Å². The largest absolute Gasteiger partial charge is 0.256 e. The molecule has 0 bridgehead atoms. The third-order valence-corrected chi connectivity index (χ3v) is 4.85. The van der Waals surface area contributed by atoms with Gasteiger partial charge in [-0.25, -0.2) is 0 Å². The van der Waals surface area contributed by atoms with Gasteiger partial charge in [0.1, 0.15) is 0 Å². The fourth-order valence-electron chi connectivity index (χ4n) is 3.02. The Morgan fingerprint density at radius 3 is 1.30 bits per heavy atom. The average molecular weight is 386 g/mol. The molecule has 0 amide bonds. The monoisotopic (exact) mass is 386 g/mol. The van der Waals surface area contributed by atoms with Crippen LogP contribution in [0.1, 0.15) is 11.1 Å². The zero-order valence-corrected chi connectivity index (χ0v) is 16.7. The molecule has 0 unspecified atom stereocenters. The summed E-state index contributed by atoms with van der Waals surface area (Å²) in [5.41, 5.74) is 8.18. The molecule has 2 aliphatic carbocycles. The Balaban J connectivity index is 1.35. The molecule has 2 heteroatoms. The third kappa shape index (κ3) is 4.86. The van der Waals surface area contributed by atoms with E-state index in [4.69, 9.17) is 0 Å². The smallest absolute Gasteiger partial charge is 0.0630 e. The minimum absolute atomic E-state index is 0.922. The van der Waals surface area contributed by atoms with Crippen LogP contribution in [0.25, 0.3) is 12.2 Å². The van der Waals surface area contributed by atoms with Crippen LogP contribution in [0.15, 0.2) is 130 Å². The summed E-state index contributed by atoms with van der Waals surface area (Å²) in [5.74, 6) is 0. The normalized spacial score (nSPS) is 15.9. The van der Waals surface area contributed by atoms with E-state index < -0.39 is 0 Å². The summed E-state index contributed by atoms with van der Waals surface area (Å²) >= 11 is 0. The van der Waals surface area contributed by atoms with Crippen LogP contribution in [0.2, 0.25) is 0 Å². The Morgan fingerprint density at radius 1 is 0.567 bits per heavy atom. The molecule has 4 rings (SSSR count). The number of nitrogens with zero attached hydrogens (tertiary/aromatic N) is 2. The van der Waals surface area contributed by atoms with Gasteiger partial charge in [0.15, 0.2) is 0 Å². The van der Waals surface area contributed by atoms with Crippen LogP contribution in [0.3, 0.4) is 0 Å². The summed E-state index contributed by atoms with van der Waals surface area (Å²) < 4.78 is 0. The van der Waals surface area contributed by atoms with Crippen molar-refractivity contribution in [3.05, 3.63) is 132 Å². The van der Waals surface area contributed by atoms with Crippen LogP contribution in [-0.2, 0) is 0 Å². The van der Waals surface area contributed by atoms with E-state index in [2.05, 4.69) is 59.6 Å². The number of hydrogen-bond donors (Lipinski definition) is 0. The molecule has 0 radical (unpaired) electrons. The molecule has 144 valence electrons. The molecule has 2 aromatic rings. The van der Waals surface area contributed by atoms with Crippen molar-refractivity contribution in [2.45, 2.75) is 0 Å². The minimum atomic E-state index is 0.922. The van der Waals surface area contributed by atoms with Crippen LogP contribution in [0.4, 0.5) is 11.4 Å². The zero-order chi connectivity index (χ0) is 20.8. The highest BCUT2D eigenvalue weighted by atomic mass is 14.7. The fraction of sp³-hybridized carbons (Fsp3) is 0. The Bertz CT molecular complexity index is 1080. The highest BCUT2D eigenvalue weighted by Gasteiger charge is 2.01. The summed E-state index contributed by atoms with van der Waals surface area (Å²) in [6.07, 6.45) is 19.9. The lowest BCUT2D eigenvalue weighted by Crippen LogP contribution is -1.82. The van der Waals surface area contributed by atoms with Crippen molar-refractivity contribution in [1.29, 1.82) is 0 Å². The molecular formula is C28H22N2. The lowest BCUT2D eigenvalue weighted by atomic mass is 10.1. The second-order valence-corrected chi connectivity index (χ2v) is 7.05. The molecule has 0 heterocycles. The third-order valence-electron chi connectivity index (χ3n) is 4.85. The topological polar surface area (TPSA) is 24.7 Å². The van der Waals surface area contributed by atoms with Gasteiger partial charge in [0.05, 0.1) is 11.4 Å². The van der Waals surface area contributed by atoms with Gasteiger partial charge in [-0.05, 0) is 57.7 Å². The van der Waals surface area contributed by atoms with Crippen LogP contribution in [-0.4, -0.2) is 12.4 Å². The first kappa shape index (κ1) is 19.3. The summed E-state index contributed by atoms with van der Waals surface area (Å²) in [5, 5.41) is 0. The Labute approximate surface area is 177 Å². The molecule has 2 nitrogen and oxygen atoms in total. The molecule has 0 saturated carbocycles. The molecule has 0 aliphatic heterocycles. The van der Waals surface area contributed by atoms with Gasteiger partial charge in [-0.3, -0.25) is 9.98 Å². The average Bonchev–Trinajstić information content (AvgIpc) is 3.38. The van der Waals surface area contributed by atoms with Gasteiger partial charge >= 0.3 is 0 Å². The predicted molar refractivity (Wildman–Crippen MR) is 131 cm³/mol. The van der Waals surface area contributed by atoms with E-state index in [-0.39, 0.29) is 0 Å². The highest BCUT2D eigenvalue weighted by Crippen LogP contribution is 2.20. The molecule has 0 N–H and O–H groups in total.